The molecule has 4 rings (SSSR count). The molecule has 3 fully saturated rings. The second kappa shape index (κ2) is 4.39. The smallest absolute Gasteiger partial charge is 0.275 e. The SMILES string of the molecule is CC1CC2CC[N+]1(C(=O)Nc1ccccc1)CC2. The molecule has 1 atom stereocenters. The van der Waals surface area contributed by atoms with Gasteiger partial charge in [0.2, 0.25) is 0 Å². The van der Waals surface area contributed by atoms with Crippen molar-refractivity contribution in [1.29, 1.82) is 0 Å². The molecular formula is C15H21N2O+. The molecule has 0 saturated carbocycles. The minimum atomic E-state index is 0.187. The number of rotatable bonds is 1. The highest BCUT2D eigenvalue weighted by Crippen LogP contribution is 2.38. The van der Waals surface area contributed by atoms with Gasteiger partial charge in [0, 0.05) is 24.9 Å². The average molecular weight is 245 g/mol. The Balaban J connectivity index is 1.79. The fourth-order valence-corrected chi connectivity index (χ4v) is 3.60. The summed E-state index contributed by atoms with van der Waals surface area (Å²) < 4.78 is 0.644. The lowest BCUT2D eigenvalue weighted by Crippen LogP contribution is -2.67. The molecule has 3 heteroatoms. The van der Waals surface area contributed by atoms with Crippen LogP contribution in [0, 0.1) is 5.92 Å². The van der Waals surface area contributed by atoms with Gasteiger partial charge in [-0.15, -0.1) is 0 Å². The zero-order valence-corrected chi connectivity index (χ0v) is 10.9. The van der Waals surface area contributed by atoms with E-state index in [2.05, 4.69) is 12.2 Å². The molecule has 3 heterocycles. The fourth-order valence-electron chi connectivity index (χ4n) is 3.60. The lowest BCUT2D eigenvalue weighted by atomic mass is 9.81. The molecule has 0 aliphatic carbocycles. The van der Waals surface area contributed by atoms with Crippen LogP contribution < -0.4 is 5.32 Å². The molecule has 2 amide bonds. The highest BCUT2D eigenvalue weighted by molar-refractivity contribution is 5.84. The van der Waals surface area contributed by atoms with Crippen LogP contribution in [0.25, 0.3) is 0 Å². The molecule has 3 aliphatic heterocycles. The van der Waals surface area contributed by atoms with E-state index >= 15 is 0 Å². The van der Waals surface area contributed by atoms with Crippen LogP contribution in [0.1, 0.15) is 26.2 Å². The first kappa shape index (κ1) is 11.7. The van der Waals surface area contributed by atoms with E-state index in [1.165, 1.54) is 19.3 Å². The molecule has 1 aromatic carbocycles. The number of para-hydroxylation sites is 1. The first-order chi connectivity index (χ1) is 8.71. The Morgan fingerprint density at radius 2 is 1.89 bits per heavy atom. The standard InChI is InChI=1S/C15H20N2O/c1-12-11-13-7-9-17(12,10-8-13)15(18)16-14-5-3-2-4-6-14/h2-6,12-13H,7-11H2,1H3/p+1. The second-order valence-corrected chi connectivity index (χ2v) is 5.81. The summed E-state index contributed by atoms with van der Waals surface area (Å²) in [7, 11) is 0. The van der Waals surface area contributed by atoms with Crippen molar-refractivity contribution < 1.29 is 9.28 Å². The van der Waals surface area contributed by atoms with Crippen molar-refractivity contribution in [2.24, 2.45) is 5.92 Å². The summed E-state index contributed by atoms with van der Waals surface area (Å²) in [5, 5.41) is 3.09. The Morgan fingerprint density at radius 3 is 2.50 bits per heavy atom. The third-order valence-corrected chi connectivity index (χ3v) is 4.82. The van der Waals surface area contributed by atoms with E-state index < -0.39 is 0 Å². The van der Waals surface area contributed by atoms with E-state index in [-0.39, 0.29) is 6.03 Å². The molecule has 2 bridgehead atoms. The van der Waals surface area contributed by atoms with Crippen molar-refractivity contribution >= 4 is 11.7 Å². The third-order valence-electron chi connectivity index (χ3n) is 4.82. The molecule has 0 spiro atoms. The van der Waals surface area contributed by atoms with Gasteiger partial charge in [0.1, 0.15) is 0 Å². The predicted molar refractivity (Wildman–Crippen MR) is 72.3 cm³/mol. The van der Waals surface area contributed by atoms with Gasteiger partial charge in [-0.05, 0) is 25.0 Å². The Hall–Kier alpha value is -1.35. The van der Waals surface area contributed by atoms with Gasteiger partial charge in [-0.25, -0.2) is 9.28 Å². The van der Waals surface area contributed by atoms with Gasteiger partial charge < -0.3 is 0 Å². The molecule has 1 N–H and O–H groups in total. The minimum Gasteiger partial charge on any atom is -0.275 e. The summed E-state index contributed by atoms with van der Waals surface area (Å²) in [6.45, 7) is 4.27. The van der Waals surface area contributed by atoms with E-state index in [0.717, 1.165) is 24.7 Å². The Kier molecular flexibility index (Phi) is 2.86. The second-order valence-electron chi connectivity index (χ2n) is 5.81. The monoisotopic (exact) mass is 245 g/mol. The zero-order valence-electron chi connectivity index (χ0n) is 10.9. The number of fused-ring (bicyclic) bond motifs is 3. The summed E-state index contributed by atoms with van der Waals surface area (Å²) in [6, 6.07) is 10.5. The number of amides is 2. The number of carbonyl (C=O) groups excluding carboxylic acids is 1. The van der Waals surface area contributed by atoms with Crippen molar-refractivity contribution in [3.8, 4) is 0 Å². The molecule has 0 aromatic heterocycles. The third kappa shape index (κ3) is 1.83. The van der Waals surface area contributed by atoms with E-state index in [0.29, 0.717) is 10.5 Å². The molecular weight excluding hydrogens is 224 g/mol. The number of quaternary nitrogens is 1. The number of benzene rings is 1. The fraction of sp³-hybridized carbons (Fsp3) is 0.533. The maximum Gasteiger partial charge on any atom is 0.421 e. The summed E-state index contributed by atoms with van der Waals surface area (Å²) in [5.41, 5.74) is 0.912. The normalized spacial score (nSPS) is 34.3. The minimum absolute atomic E-state index is 0.187. The van der Waals surface area contributed by atoms with Crippen LogP contribution in [0.5, 0.6) is 0 Å². The number of urea groups is 1. The Labute approximate surface area is 108 Å². The maximum absolute atomic E-state index is 12.6. The van der Waals surface area contributed by atoms with Gasteiger partial charge in [0.15, 0.2) is 0 Å². The van der Waals surface area contributed by atoms with E-state index in [4.69, 9.17) is 0 Å². The van der Waals surface area contributed by atoms with E-state index in [1.54, 1.807) is 0 Å². The molecule has 1 unspecified atom stereocenters. The number of carbonyl (C=O) groups is 1. The van der Waals surface area contributed by atoms with Gasteiger partial charge in [-0.2, -0.15) is 0 Å². The lowest BCUT2D eigenvalue weighted by molar-refractivity contribution is -0.889. The summed E-state index contributed by atoms with van der Waals surface area (Å²) in [6.07, 6.45) is 3.64. The molecule has 3 nitrogen and oxygen atoms in total. The molecule has 1 aromatic rings. The van der Waals surface area contributed by atoms with Crippen molar-refractivity contribution in [1.82, 2.24) is 0 Å². The first-order valence-electron chi connectivity index (χ1n) is 6.94. The zero-order chi connectivity index (χ0) is 12.6. The van der Waals surface area contributed by atoms with Gasteiger partial charge in [-0.3, -0.25) is 5.32 Å². The van der Waals surface area contributed by atoms with Crippen LogP contribution in [-0.2, 0) is 0 Å². The highest BCUT2D eigenvalue weighted by atomic mass is 16.2. The van der Waals surface area contributed by atoms with Crippen molar-refractivity contribution in [3.05, 3.63) is 30.3 Å². The molecule has 18 heavy (non-hydrogen) atoms. The number of nitrogens with zero attached hydrogens (tertiary/aromatic N) is 1. The van der Waals surface area contributed by atoms with E-state index in [9.17, 15) is 4.79 Å². The van der Waals surface area contributed by atoms with Crippen molar-refractivity contribution in [3.63, 3.8) is 0 Å². The molecule has 3 aliphatic rings. The largest absolute Gasteiger partial charge is 0.421 e. The van der Waals surface area contributed by atoms with Crippen LogP contribution in [0.15, 0.2) is 30.3 Å². The van der Waals surface area contributed by atoms with Gasteiger partial charge in [0.25, 0.3) is 0 Å². The number of piperidine rings is 3. The Bertz CT molecular complexity index is 435. The summed E-state index contributed by atoms with van der Waals surface area (Å²) >= 11 is 0. The topological polar surface area (TPSA) is 29.1 Å². The maximum atomic E-state index is 12.6. The molecule has 96 valence electrons. The average Bonchev–Trinajstić information content (AvgIpc) is 2.41. The number of hydrogen-bond acceptors (Lipinski definition) is 1. The van der Waals surface area contributed by atoms with Crippen LogP contribution in [0.4, 0.5) is 10.5 Å². The first-order valence-corrected chi connectivity index (χ1v) is 6.94. The van der Waals surface area contributed by atoms with Crippen molar-refractivity contribution in [2.75, 3.05) is 18.4 Å². The predicted octanol–water partition coefficient (Wildman–Crippen LogP) is 3.24. The van der Waals surface area contributed by atoms with Crippen molar-refractivity contribution in [2.45, 2.75) is 32.2 Å². The number of anilines is 1. The van der Waals surface area contributed by atoms with Crippen LogP contribution >= 0.6 is 0 Å². The quantitative estimate of drug-likeness (QED) is 0.756. The van der Waals surface area contributed by atoms with E-state index in [1.807, 2.05) is 30.3 Å². The van der Waals surface area contributed by atoms with Gasteiger partial charge >= 0.3 is 6.03 Å². The van der Waals surface area contributed by atoms with Gasteiger partial charge in [0.05, 0.1) is 19.1 Å². The van der Waals surface area contributed by atoms with Gasteiger partial charge in [-0.1, -0.05) is 18.2 Å². The lowest BCUT2D eigenvalue weighted by Gasteiger charge is -2.50. The van der Waals surface area contributed by atoms with Crippen LogP contribution in [-0.4, -0.2) is 29.6 Å². The highest BCUT2D eigenvalue weighted by Gasteiger charge is 2.50. The Morgan fingerprint density at radius 1 is 1.22 bits per heavy atom. The molecule has 0 radical (unpaired) electrons. The summed E-state index contributed by atoms with van der Waals surface area (Å²) in [4.78, 5) is 12.6. The van der Waals surface area contributed by atoms with Crippen LogP contribution in [0.3, 0.4) is 0 Å². The number of nitrogens with one attached hydrogen (secondary N) is 1. The van der Waals surface area contributed by atoms with Crippen LogP contribution in [0.2, 0.25) is 0 Å². The molecule has 3 saturated heterocycles. The summed E-state index contributed by atoms with van der Waals surface area (Å²) in [5.74, 6) is 0.865. The number of hydrogen-bond donors (Lipinski definition) is 1.